The number of benzene rings is 1. The number of carbonyl (C=O) groups excluding carboxylic acids is 2. The van der Waals surface area contributed by atoms with Crippen molar-refractivity contribution in [3.05, 3.63) is 29.8 Å². The van der Waals surface area contributed by atoms with E-state index >= 15 is 0 Å². The van der Waals surface area contributed by atoms with Gasteiger partial charge in [0.1, 0.15) is 0 Å². The molecule has 0 bridgehead atoms. The molecule has 1 aliphatic rings. The number of methoxy groups -OCH3 is 1. The van der Waals surface area contributed by atoms with Gasteiger partial charge in [-0.25, -0.2) is 9.59 Å². The molecular formula is C18H27N3O3. The van der Waals surface area contributed by atoms with Gasteiger partial charge in [-0.2, -0.15) is 0 Å². The van der Waals surface area contributed by atoms with Gasteiger partial charge in [0, 0.05) is 31.9 Å². The van der Waals surface area contributed by atoms with Gasteiger partial charge in [-0.05, 0) is 36.5 Å². The third-order valence-electron chi connectivity index (χ3n) is 4.20. The fourth-order valence-electron chi connectivity index (χ4n) is 3.32. The van der Waals surface area contributed by atoms with E-state index in [2.05, 4.69) is 34.1 Å². The molecule has 0 aromatic heterocycles. The molecule has 6 heteroatoms. The first kappa shape index (κ1) is 18.3. The molecule has 0 unspecified atom stereocenters. The highest BCUT2D eigenvalue weighted by molar-refractivity contribution is 5.93. The summed E-state index contributed by atoms with van der Waals surface area (Å²) in [6.07, 6.45) is 1.28. The number of esters is 1. The molecule has 1 fully saturated rings. The standard InChI is InChI=1S/C18H27N3O3/c1-13-9-14(2)12-21(11-13)8-7-19-18(23)20-16-6-4-5-15(10-16)17(22)24-3/h4-6,10,13-14H,7-9,11-12H2,1-3H3,(H2,19,20,23)/t13-,14+. The van der Waals surface area contributed by atoms with Gasteiger partial charge in [-0.15, -0.1) is 0 Å². The van der Waals surface area contributed by atoms with Crippen molar-refractivity contribution in [3.63, 3.8) is 0 Å². The van der Waals surface area contributed by atoms with Crippen molar-refractivity contribution in [3.8, 4) is 0 Å². The quantitative estimate of drug-likeness (QED) is 0.813. The van der Waals surface area contributed by atoms with E-state index in [0.29, 0.717) is 29.6 Å². The second kappa shape index (κ2) is 8.68. The fraction of sp³-hybridized carbons (Fsp3) is 0.556. The van der Waals surface area contributed by atoms with Crippen molar-refractivity contribution < 1.29 is 14.3 Å². The fourth-order valence-corrected chi connectivity index (χ4v) is 3.32. The number of ether oxygens (including phenoxy) is 1. The highest BCUT2D eigenvalue weighted by Gasteiger charge is 2.21. The molecule has 0 saturated carbocycles. The summed E-state index contributed by atoms with van der Waals surface area (Å²) in [4.78, 5) is 25.9. The Morgan fingerprint density at radius 3 is 2.62 bits per heavy atom. The number of hydrogen-bond acceptors (Lipinski definition) is 4. The number of carbonyl (C=O) groups is 2. The number of rotatable bonds is 5. The molecule has 1 aromatic rings. The first-order chi connectivity index (χ1) is 11.5. The van der Waals surface area contributed by atoms with Crippen LogP contribution in [0.3, 0.4) is 0 Å². The second-order valence-corrected chi connectivity index (χ2v) is 6.66. The minimum absolute atomic E-state index is 0.268. The summed E-state index contributed by atoms with van der Waals surface area (Å²) in [5.74, 6) is 1.000. The first-order valence-corrected chi connectivity index (χ1v) is 8.43. The zero-order chi connectivity index (χ0) is 17.5. The largest absolute Gasteiger partial charge is 0.465 e. The SMILES string of the molecule is COC(=O)c1cccc(NC(=O)NCCN2C[C@H](C)C[C@H](C)C2)c1. The van der Waals surface area contributed by atoms with Crippen LogP contribution >= 0.6 is 0 Å². The lowest BCUT2D eigenvalue weighted by atomic mass is 9.92. The van der Waals surface area contributed by atoms with Crippen LogP contribution < -0.4 is 10.6 Å². The van der Waals surface area contributed by atoms with Gasteiger partial charge < -0.3 is 20.3 Å². The third kappa shape index (κ3) is 5.53. The average Bonchev–Trinajstić information content (AvgIpc) is 2.53. The summed E-state index contributed by atoms with van der Waals surface area (Å²) in [5.41, 5.74) is 0.974. The second-order valence-electron chi connectivity index (χ2n) is 6.66. The van der Waals surface area contributed by atoms with Crippen molar-refractivity contribution in [1.82, 2.24) is 10.2 Å². The lowest BCUT2D eigenvalue weighted by Gasteiger charge is -2.34. The van der Waals surface area contributed by atoms with Crippen LogP contribution in [-0.2, 0) is 4.74 Å². The molecule has 24 heavy (non-hydrogen) atoms. The molecule has 2 atom stereocenters. The maximum atomic E-state index is 12.0. The number of anilines is 1. The van der Waals surface area contributed by atoms with E-state index in [0.717, 1.165) is 19.6 Å². The predicted molar refractivity (Wildman–Crippen MR) is 94.2 cm³/mol. The number of hydrogen-bond donors (Lipinski definition) is 2. The Bertz CT molecular complexity index is 566. The molecule has 1 saturated heterocycles. The minimum atomic E-state index is -0.424. The number of nitrogens with zero attached hydrogens (tertiary/aromatic N) is 1. The van der Waals surface area contributed by atoms with Crippen molar-refractivity contribution in [1.29, 1.82) is 0 Å². The number of likely N-dealkylation sites (tertiary alicyclic amines) is 1. The van der Waals surface area contributed by atoms with Crippen LogP contribution in [-0.4, -0.2) is 50.2 Å². The normalized spacial score (nSPS) is 21.1. The van der Waals surface area contributed by atoms with Crippen LogP contribution in [0.5, 0.6) is 0 Å². The van der Waals surface area contributed by atoms with Gasteiger partial charge in [-0.1, -0.05) is 19.9 Å². The summed E-state index contributed by atoms with van der Waals surface area (Å²) in [6.45, 7) is 8.18. The van der Waals surface area contributed by atoms with Crippen molar-refractivity contribution >= 4 is 17.7 Å². The van der Waals surface area contributed by atoms with E-state index in [4.69, 9.17) is 0 Å². The number of urea groups is 1. The Kier molecular flexibility index (Phi) is 6.61. The number of amides is 2. The Hall–Kier alpha value is -2.08. The van der Waals surface area contributed by atoms with Gasteiger partial charge in [-0.3, -0.25) is 0 Å². The third-order valence-corrected chi connectivity index (χ3v) is 4.20. The molecule has 2 rings (SSSR count). The van der Waals surface area contributed by atoms with Crippen LogP contribution in [0.4, 0.5) is 10.5 Å². The number of nitrogens with one attached hydrogen (secondary N) is 2. The lowest BCUT2D eigenvalue weighted by molar-refractivity contribution is 0.0600. The molecule has 2 N–H and O–H groups in total. The van der Waals surface area contributed by atoms with Crippen molar-refractivity contribution in [2.24, 2.45) is 11.8 Å². The van der Waals surface area contributed by atoms with Crippen LogP contribution in [0.15, 0.2) is 24.3 Å². The van der Waals surface area contributed by atoms with Gasteiger partial charge >= 0.3 is 12.0 Å². The molecule has 2 amide bonds. The topological polar surface area (TPSA) is 70.7 Å². The Morgan fingerprint density at radius 2 is 1.96 bits per heavy atom. The molecule has 0 radical (unpaired) electrons. The van der Waals surface area contributed by atoms with Gasteiger partial charge in [0.15, 0.2) is 0 Å². The summed E-state index contributed by atoms with van der Waals surface area (Å²) >= 11 is 0. The summed E-state index contributed by atoms with van der Waals surface area (Å²) in [7, 11) is 1.33. The van der Waals surface area contributed by atoms with Crippen LogP contribution in [0, 0.1) is 11.8 Å². The molecule has 132 valence electrons. The van der Waals surface area contributed by atoms with Gasteiger partial charge in [0.2, 0.25) is 0 Å². The van der Waals surface area contributed by atoms with Gasteiger partial charge in [0.25, 0.3) is 0 Å². The molecule has 0 spiro atoms. The number of piperidine rings is 1. The zero-order valence-electron chi connectivity index (χ0n) is 14.7. The molecular weight excluding hydrogens is 306 g/mol. The first-order valence-electron chi connectivity index (χ1n) is 8.43. The summed E-state index contributed by atoms with van der Waals surface area (Å²) in [6, 6.07) is 6.42. The average molecular weight is 333 g/mol. The monoisotopic (exact) mass is 333 g/mol. The van der Waals surface area contributed by atoms with E-state index in [-0.39, 0.29) is 6.03 Å². The van der Waals surface area contributed by atoms with E-state index in [1.165, 1.54) is 13.5 Å². The van der Waals surface area contributed by atoms with E-state index in [1.54, 1.807) is 24.3 Å². The smallest absolute Gasteiger partial charge is 0.337 e. The highest BCUT2D eigenvalue weighted by Crippen LogP contribution is 2.20. The Labute approximate surface area is 143 Å². The molecule has 1 heterocycles. The van der Waals surface area contributed by atoms with Crippen molar-refractivity contribution in [2.45, 2.75) is 20.3 Å². The molecule has 6 nitrogen and oxygen atoms in total. The zero-order valence-corrected chi connectivity index (χ0v) is 14.7. The summed E-state index contributed by atoms with van der Waals surface area (Å²) in [5, 5.41) is 5.60. The minimum Gasteiger partial charge on any atom is -0.465 e. The molecule has 0 aliphatic carbocycles. The highest BCUT2D eigenvalue weighted by atomic mass is 16.5. The van der Waals surface area contributed by atoms with Crippen molar-refractivity contribution in [2.75, 3.05) is 38.6 Å². The van der Waals surface area contributed by atoms with Gasteiger partial charge in [0.05, 0.1) is 12.7 Å². The maximum Gasteiger partial charge on any atom is 0.337 e. The van der Waals surface area contributed by atoms with E-state index in [9.17, 15) is 9.59 Å². The summed E-state index contributed by atoms with van der Waals surface area (Å²) < 4.78 is 4.67. The van der Waals surface area contributed by atoms with E-state index in [1.807, 2.05) is 0 Å². The van der Waals surface area contributed by atoms with Crippen LogP contribution in [0.1, 0.15) is 30.6 Å². The maximum absolute atomic E-state index is 12.0. The molecule has 1 aromatic carbocycles. The predicted octanol–water partition coefficient (Wildman–Crippen LogP) is 2.57. The lowest BCUT2D eigenvalue weighted by Crippen LogP contribution is -2.43. The van der Waals surface area contributed by atoms with E-state index < -0.39 is 5.97 Å². The Balaban J connectivity index is 1.76. The van der Waals surface area contributed by atoms with Crippen LogP contribution in [0.25, 0.3) is 0 Å². The Morgan fingerprint density at radius 1 is 1.25 bits per heavy atom. The van der Waals surface area contributed by atoms with Crippen LogP contribution in [0.2, 0.25) is 0 Å². The molecule has 1 aliphatic heterocycles.